The van der Waals surface area contributed by atoms with E-state index in [0.717, 1.165) is 10.8 Å². The first-order chi connectivity index (χ1) is 15.5. The van der Waals surface area contributed by atoms with Crippen molar-refractivity contribution in [3.05, 3.63) is 114 Å². The van der Waals surface area contributed by atoms with Crippen molar-refractivity contribution in [1.29, 1.82) is 0 Å². The van der Waals surface area contributed by atoms with E-state index in [9.17, 15) is 0 Å². The molecule has 0 spiro atoms. The molecule has 0 bridgehead atoms. The molecular formula is C31H23B. The molecule has 0 N–H and O–H groups in total. The molecule has 6 rings (SSSR count). The van der Waals surface area contributed by atoms with Crippen molar-refractivity contribution in [3.8, 4) is 33.4 Å². The van der Waals surface area contributed by atoms with Gasteiger partial charge in [0.1, 0.15) is 7.85 Å². The predicted molar refractivity (Wildman–Crippen MR) is 138 cm³/mol. The first kappa shape index (κ1) is 19.1. The maximum atomic E-state index is 6.73. The van der Waals surface area contributed by atoms with Crippen LogP contribution < -0.4 is 5.46 Å². The SMILES string of the molecule is [B]c1c2c(cc3ccccc13)C(C)(C)c1cc(-c3ccc(-c4ccccc4)cc3)ccc1-2. The highest BCUT2D eigenvalue weighted by Gasteiger charge is 2.36. The monoisotopic (exact) mass is 406 g/mol. The third kappa shape index (κ3) is 2.78. The Morgan fingerprint density at radius 3 is 1.91 bits per heavy atom. The van der Waals surface area contributed by atoms with E-state index < -0.39 is 0 Å². The van der Waals surface area contributed by atoms with Gasteiger partial charge in [-0.3, -0.25) is 0 Å². The fourth-order valence-corrected chi connectivity index (χ4v) is 5.25. The average Bonchev–Trinajstić information content (AvgIpc) is 3.06. The van der Waals surface area contributed by atoms with Crippen LogP contribution in [0.15, 0.2) is 103 Å². The summed E-state index contributed by atoms with van der Waals surface area (Å²) in [4.78, 5) is 0. The molecule has 0 aromatic heterocycles. The van der Waals surface area contributed by atoms with E-state index >= 15 is 0 Å². The lowest BCUT2D eigenvalue weighted by molar-refractivity contribution is 0.661. The summed E-state index contributed by atoms with van der Waals surface area (Å²) in [5.41, 5.74) is 10.9. The Hall–Kier alpha value is -3.58. The molecule has 0 saturated heterocycles. The van der Waals surface area contributed by atoms with Gasteiger partial charge in [0.25, 0.3) is 0 Å². The van der Waals surface area contributed by atoms with Gasteiger partial charge in [-0.15, -0.1) is 0 Å². The van der Waals surface area contributed by atoms with Gasteiger partial charge < -0.3 is 0 Å². The zero-order valence-electron chi connectivity index (χ0n) is 18.4. The van der Waals surface area contributed by atoms with E-state index in [4.69, 9.17) is 7.85 Å². The Morgan fingerprint density at radius 2 is 1.16 bits per heavy atom. The molecule has 1 heteroatoms. The van der Waals surface area contributed by atoms with Crippen molar-refractivity contribution in [2.75, 3.05) is 0 Å². The highest BCUT2D eigenvalue weighted by atomic mass is 14.4. The van der Waals surface area contributed by atoms with Gasteiger partial charge in [0.2, 0.25) is 0 Å². The molecule has 0 nitrogen and oxygen atoms in total. The summed E-state index contributed by atoms with van der Waals surface area (Å²) < 4.78 is 0. The summed E-state index contributed by atoms with van der Waals surface area (Å²) >= 11 is 0. The summed E-state index contributed by atoms with van der Waals surface area (Å²) in [6, 6.07) is 37.0. The topological polar surface area (TPSA) is 0 Å². The largest absolute Gasteiger partial charge is 0.115 e. The smallest absolute Gasteiger partial charge is 0.0810 e. The number of rotatable bonds is 2. The van der Waals surface area contributed by atoms with E-state index in [-0.39, 0.29) is 5.41 Å². The molecule has 0 unspecified atom stereocenters. The molecule has 0 aliphatic heterocycles. The molecular weight excluding hydrogens is 383 g/mol. The molecule has 1 aliphatic rings. The molecule has 1 aliphatic carbocycles. The summed E-state index contributed by atoms with van der Waals surface area (Å²) in [6.07, 6.45) is 0. The van der Waals surface area contributed by atoms with Gasteiger partial charge in [0.05, 0.1) is 0 Å². The van der Waals surface area contributed by atoms with Gasteiger partial charge in [0.15, 0.2) is 0 Å². The standard InChI is InChI=1S/C31H23B/c1-31(2)27-18-23(22-14-12-21(13-15-22)20-8-4-3-5-9-20)16-17-26(27)29-28(31)19-24-10-6-7-11-25(24)30(29)32/h3-19H,1-2H3. The van der Waals surface area contributed by atoms with Gasteiger partial charge in [0, 0.05) is 5.41 Å². The van der Waals surface area contributed by atoms with Crippen LogP contribution in [0.25, 0.3) is 44.2 Å². The van der Waals surface area contributed by atoms with Crippen molar-refractivity contribution in [3.63, 3.8) is 0 Å². The van der Waals surface area contributed by atoms with Gasteiger partial charge in [-0.2, -0.15) is 0 Å². The van der Waals surface area contributed by atoms with E-state index in [1.807, 2.05) is 0 Å². The van der Waals surface area contributed by atoms with Crippen LogP contribution in [0.3, 0.4) is 0 Å². The Labute approximate surface area is 191 Å². The van der Waals surface area contributed by atoms with Crippen LogP contribution in [0.4, 0.5) is 0 Å². The summed E-state index contributed by atoms with van der Waals surface area (Å²) in [6.45, 7) is 4.63. The van der Waals surface area contributed by atoms with Gasteiger partial charge in [-0.1, -0.05) is 110 Å². The predicted octanol–water partition coefficient (Wildman–Crippen LogP) is 7.27. The first-order valence-corrected chi connectivity index (χ1v) is 11.2. The van der Waals surface area contributed by atoms with Crippen LogP contribution in [0.1, 0.15) is 25.0 Å². The summed E-state index contributed by atoms with van der Waals surface area (Å²) in [5, 5.41) is 2.34. The second-order valence-corrected chi connectivity index (χ2v) is 9.26. The Kier molecular flexibility index (Phi) is 4.17. The van der Waals surface area contributed by atoms with E-state index in [1.54, 1.807) is 0 Å². The highest BCUT2D eigenvalue weighted by molar-refractivity contribution is 6.43. The maximum absolute atomic E-state index is 6.73. The molecule has 5 aromatic rings. The molecule has 0 heterocycles. The average molecular weight is 406 g/mol. The van der Waals surface area contributed by atoms with Crippen LogP contribution >= 0.6 is 0 Å². The van der Waals surface area contributed by atoms with Crippen molar-refractivity contribution in [2.45, 2.75) is 19.3 Å². The van der Waals surface area contributed by atoms with Crippen molar-refractivity contribution >= 4 is 24.1 Å². The fourth-order valence-electron chi connectivity index (χ4n) is 5.25. The number of benzene rings is 5. The minimum Gasteiger partial charge on any atom is -0.0810 e. The van der Waals surface area contributed by atoms with Gasteiger partial charge in [-0.05, 0) is 67.4 Å². The molecule has 2 radical (unpaired) electrons. The lowest BCUT2D eigenvalue weighted by Gasteiger charge is -2.23. The quantitative estimate of drug-likeness (QED) is 0.270. The minimum atomic E-state index is -0.0944. The normalized spacial score (nSPS) is 13.7. The van der Waals surface area contributed by atoms with Gasteiger partial charge in [-0.25, -0.2) is 0 Å². The molecule has 0 amide bonds. The molecule has 5 aromatic carbocycles. The Bertz CT molecular complexity index is 1480. The minimum absolute atomic E-state index is 0.0944. The van der Waals surface area contributed by atoms with Crippen LogP contribution in [0.2, 0.25) is 0 Å². The van der Waals surface area contributed by atoms with Crippen LogP contribution in [0.5, 0.6) is 0 Å². The second-order valence-electron chi connectivity index (χ2n) is 9.26. The zero-order valence-corrected chi connectivity index (χ0v) is 18.4. The number of fused-ring (bicyclic) bond motifs is 4. The molecule has 0 atom stereocenters. The molecule has 0 fully saturated rings. The highest BCUT2D eigenvalue weighted by Crippen LogP contribution is 2.49. The summed E-state index contributed by atoms with van der Waals surface area (Å²) in [5.74, 6) is 0. The zero-order chi connectivity index (χ0) is 21.9. The molecule has 32 heavy (non-hydrogen) atoms. The van der Waals surface area contributed by atoms with Crippen LogP contribution in [-0.2, 0) is 5.41 Å². The third-order valence-electron chi connectivity index (χ3n) is 7.05. The van der Waals surface area contributed by atoms with Crippen LogP contribution in [-0.4, -0.2) is 7.85 Å². The molecule has 0 saturated carbocycles. The third-order valence-corrected chi connectivity index (χ3v) is 7.05. The molecule has 150 valence electrons. The van der Waals surface area contributed by atoms with Crippen LogP contribution in [0, 0.1) is 0 Å². The van der Waals surface area contributed by atoms with Crippen molar-refractivity contribution in [1.82, 2.24) is 0 Å². The number of hydrogen-bond acceptors (Lipinski definition) is 0. The lowest BCUT2D eigenvalue weighted by Crippen LogP contribution is -2.17. The fraction of sp³-hybridized carbons (Fsp3) is 0.0968. The van der Waals surface area contributed by atoms with Gasteiger partial charge >= 0.3 is 0 Å². The first-order valence-electron chi connectivity index (χ1n) is 11.2. The van der Waals surface area contributed by atoms with Crippen molar-refractivity contribution in [2.24, 2.45) is 0 Å². The second kappa shape index (κ2) is 6.97. The lowest BCUT2D eigenvalue weighted by atomic mass is 9.78. The summed E-state index contributed by atoms with van der Waals surface area (Å²) in [7, 11) is 6.73. The van der Waals surface area contributed by atoms with Crippen molar-refractivity contribution < 1.29 is 0 Å². The Balaban J connectivity index is 1.47. The maximum Gasteiger partial charge on any atom is 0.115 e. The van der Waals surface area contributed by atoms with E-state index in [0.29, 0.717) is 0 Å². The Morgan fingerprint density at radius 1 is 0.562 bits per heavy atom. The van der Waals surface area contributed by atoms with E-state index in [1.165, 1.54) is 49.9 Å². The van der Waals surface area contributed by atoms with E-state index in [2.05, 4.69) is 117 Å². The number of hydrogen-bond donors (Lipinski definition) is 0.